The zero-order valence-electron chi connectivity index (χ0n) is 10.9. The molecule has 0 bridgehead atoms. The van der Waals surface area contributed by atoms with Crippen molar-refractivity contribution >= 4 is 33.0 Å². The number of nitrogen functional groups attached to an aromatic ring is 1. The van der Waals surface area contributed by atoms with Gasteiger partial charge in [-0.05, 0) is 45.6 Å². The topological polar surface area (TPSA) is 38.0 Å². The van der Waals surface area contributed by atoms with E-state index >= 15 is 0 Å². The van der Waals surface area contributed by atoms with Gasteiger partial charge in [0.25, 0.3) is 0 Å². The Morgan fingerprint density at radius 2 is 1.79 bits per heavy atom. The van der Waals surface area contributed by atoms with Crippen molar-refractivity contribution in [2.24, 2.45) is 0 Å². The number of halogens is 2. The molecule has 0 fully saturated rings. The molecule has 100 valence electrons. The van der Waals surface area contributed by atoms with Gasteiger partial charge < -0.3 is 11.1 Å². The molecule has 0 heterocycles. The highest BCUT2D eigenvalue weighted by atomic mass is 79.9. The van der Waals surface area contributed by atoms with Gasteiger partial charge in [-0.25, -0.2) is 4.39 Å². The smallest absolute Gasteiger partial charge is 0.139 e. The summed E-state index contributed by atoms with van der Waals surface area (Å²) in [5, 5.41) is 3.18. The van der Waals surface area contributed by atoms with Gasteiger partial charge in [-0.1, -0.05) is 26.0 Å². The Labute approximate surface area is 121 Å². The lowest BCUT2D eigenvalue weighted by molar-refractivity contribution is 0.622. The summed E-state index contributed by atoms with van der Waals surface area (Å²) in [6.45, 7) is 4.30. The third-order valence-electron chi connectivity index (χ3n) is 2.95. The molecule has 0 saturated carbocycles. The van der Waals surface area contributed by atoms with E-state index in [9.17, 15) is 4.39 Å². The number of anilines is 3. The zero-order chi connectivity index (χ0) is 14.0. The Morgan fingerprint density at radius 1 is 1.16 bits per heavy atom. The molecule has 0 amide bonds. The molecule has 0 aliphatic rings. The summed E-state index contributed by atoms with van der Waals surface area (Å²) in [6, 6.07) is 11.1. The third kappa shape index (κ3) is 3.26. The van der Waals surface area contributed by atoms with Crippen molar-refractivity contribution in [2.45, 2.75) is 19.8 Å². The van der Waals surface area contributed by atoms with Crippen LogP contribution in [0.4, 0.5) is 21.5 Å². The predicted molar refractivity (Wildman–Crippen MR) is 82.3 cm³/mol. The summed E-state index contributed by atoms with van der Waals surface area (Å²) in [5.41, 5.74) is 9.06. The maximum absolute atomic E-state index is 13.3. The van der Waals surface area contributed by atoms with Crippen molar-refractivity contribution in [3.8, 4) is 0 Å². The second-order valence-corrected chi connectivity index (χ2v) is 5.61. The molecule has 2 aromatic rings. The SMILES string of the molecule is CC(C)c1ccc(Nc2cc(Br)c(F)cc2N)cc1. The standard InChI is InChI=1S/C15H16BrFN2/c1-9(2)10-3-5-11(6-4-10)19-15-7-12(16)13(17)8-14(15)18/h3-9,19H,18H2,1-2H3. The summed E-state index contributed by atoms with van der Waals surface area (Å²) >= 11 is 3.15. The lowest BCUT2D eigenvalue weighted by atomic mass is 10.0. The second-order valence-electron chi connectivity index (χ2n) is 4.76. The van der Waals surface area contributed by atoms with Crippen molar-refractivity contribution in [2.75, 3.05) is 11.1 Å². The van der Waals surface area contributed by atoms with Crippen LogP contribution in [0.5, 0.6) is 0 Å². The predicted octanol–water partition coefficient (Wildman–Crippen LogP) is 5.04. The number of nitrogens with two attached hydrogens (primary N) is 1. The summed E-state index contributed by atoms with van der Waals surface area (Å²) in [5.74, 6) is 0.136. The maximum atomic E-state index is 13.3. The van der Waals surface area contributed by atoms with E-state index in [1.807, 2.05) is 12.1 Å². The van der Waals surface area contributed by atoms with Crippen LogP contribution in [-0.4, -0.2) is 0 Å². The fourth-order valence-electron chi connectivity index (χ4n) is 1.78. The minimum atomic E-state index is -0.363. The first-order chi connectivity index (χ1) is 8.97. The molecule has 2 rings (SSSR count). The summed E-state index contributed by atoms with van der Waals surface area (Å²) in [4.78, 5) is 0. The number of nitrogens with one attached hydrogen (secondary N) is 1. The molecule has 0 aliphatic heterocycles. The molecule has 0 atom stereocenters. The fourth-order valence-corrected chi connectivity index (χ4v) is 2.12. The Balaban J connectivity index is 2.24. The average Bonchev–Trinajstić information content (AvgIpc) is 2.36. The van der Waals surface area contributed by atoms with Crippen molar-refractivity contribution in [1.82, 2.24) is 0 Å². The molecule has 0 aromatic heterocycles. The van der Waals surface area contributed by atoms with Gasteiger partial charge in [-0.3, -0.25) is 0 Å². The Morgan fingerprint density at radius 3 is 2.37 bits per heavy atom. The van der Waals surface area contributed by atoms with Crippen LogP contribution < -0.4 is 11.1 Å². The van der Waals surface area contributed by atoms with Crippen molar-refractivity contribution in [3.63, 3.8) is 0 Å². The van der Waals surface area contributed by atoms with Crippen molar-refractivity contribution < 1.29 is 4.39 Å². The van der Waals surface area contributed by atoms with E-state index in [2.05, 4.69) is 47.2 Å². The van der Waals surface area contributed by atoms with E-state index in [1.165, 1.54) is 11.6 Å². The minimum absolute atomic E-state index is 0.363. The highest BCUT2D eigenvalue weighted by molar-refractivity contribution is 9.10. The summed E-state index contributed by atoms with van der Waals surface area (Å²) in [6.07, 6.45) is 0. The normalized spacial score (nSPS) is 10.8. The van der Waals surface area contributed by atoms with Gasteiger partial charge in [0.2, 0.25) is 0 Å². The molecule has 0 aliphatic carbocycles. The van der Waals surface area contributed by atoms with Gasteiger partial charge in [0.1, 0.15) is 5.82 Å². The first-order valence-corrected chi connectivity index (χ1v) is 6.88. The van der Waals surface area contributed by atoms with E-state index in [0.29, 0.717) is 21.8 Å². The highest BCUT2D eigenvalue weighted by Gasteiger charge is 2.06. The quantitative estimate of drug-likeness (QED) is 0.777. The average molecular weight is 323 g/mol. The largest absolute Gasteiger partial charge is 0.397 e. The molecule has 0 spiro atoms. The molecule has 0 unspecified atom stereocenters. The minimum Gasteiger partial charge on any atom is -0.397 e. The maximum Gasteiger partial charge on any atom is 0.139 e. The number of benzene rings is 2. The van der Waals surface area contributed by atoms with E-state index in [0.717, 1.165) is 5.69 Å². The van der Waals surface area contributed by atoms with Crippen molar-refractivity contribution in [3.05, 3.63) is 52.3 Å². The molecule has 2 nitrogen and oxygen atoms in total. The Kier molecular flexibility index (Phi) is 4.10. The van der Waals surface area contributed by atoms with Crippen LogP contribution >= 0.6 is 15.9 Å². The Hall–Kier alpha value is -1.55. The van der Waals surface area contributed by atoms with Crippen LogP contribution in [0.3, 0.4) is 0 Å². The summed E-state index contributed by atoms with van der Waals surface area (Å²) < 4.78 is 13.7. The van der Waals surface area contributed by atoms with Crippen LogP contribution in [0.2, 0.25) is 0 Å². The van der Waals surface area contributed by atoms with Gasteiger partial charge in [0.05, 0.1) is 15.8 Å². The van der Waals surface area contributed by atoms with E-state index in [1.54, 1.807) is 6.07 Å². The van der Waals surface area contributed by atoms with E-state index in [4.69, 9.17) is 5.73 Å². The van der Waals surface area contributed by atoms with Gasteiger partial charge in [0, 0.05) is 11.8 Å². The van der Waals surface area contributed by atoms with Crippen LogP contribution in [-0.2, 0) is 0 Å². The lowest BCUT2D eigenvalue weighted by Crippen LogP contribution is -1.98. The van der Waals surface area contributed by atoms with E-state index < -0.39 is 0 Å². The van der Waals surface area contributed by atoms with Crippen molar-refractivity contribution in [1.29, 1.82) is 0 Å². The highest BCUT2D eigenvalue weighted by Crippen LogP contribution is 2.29. The van der Waals surface area contributed by atoms with Crippen LogP contribution in [0.15, 0.2) is 40.9 Å². The molecule has 19 heavy (non-hydrogen) atoms. The first-order valence-electron chi connectivity index (χ1n) is 6.09. The van der Waals surface area contributed by atoms with Crippen LogP contribution in [0.1, 0.15) is 25.3 Å². The van der Waals surface area contributed by atoms with Gasteiger partial charge >= 0.3 is 0 Å². The molecular weight excluding hydrogens is 307 g/mol. The number of rotatable bonds is 3. The molecule has 0 saturated heterocycles. The van der Waals surface area contributed by atoms with Crippen LogP contribution in [0.25, 0.3) is 0 Å². The van der Waals surface area contributed by atoms with E-state index in [-0.39, 0.29) is 5.82 Å². The Bertz CT molecular complexity index is 579. The van der Waals surface area contributed by atoms with Crippen LogP contribution in [0, 0.1) is 5.82 Å². The zero-order valence-corrected chi connectivity index (χ0v) is 12.5. The fraction of sp³-hybridized carbons (Fsp3) is 0.200. The molecule has 3 N–H and O–H groups in total. The molecule has 4 heteroatoms. The number of hydrogen-bond acceptors (Lipinski definition) is 2. The summed E-state index contributed by atoms with van der Waals surface area (Å²) in [7, 11) is 0. The lowest BCUT2D eigenvalue weighted by Gasteiger charge is -2.12. The molecular formula is C15H16BrFN2. The molecule has 2 aromatic carbocycles. The number of hydrogen-bond donors (Lipinski definition) is 2. The third-order valence-corrected chi connectivity index (χ3v) is 3.56. The molecule has 0 radical (unpaired) electrons. The first kappa shape index (κ1) is 13.9. The van der Waals surface area contributed by atoms with Gasteiger partial charge in [-0.15, -0.1) is 0 Å². The second kappa shape index (κ2) is 5.61. The van der Waals surface area contributed by atoms with Gasteiger partial charge in [-0.2, -0.15) is 0 Å². The monoisotopic (exact) mass is 322 g/mol. The van der Waals surface area contributed by atoms with Gasteiger partial charge in [0.15, 0.2) is 0 Å².